The van der Waals surface area contributed by atoms with Gasteiger partial charge in [-0.05, 0) is 26.7 Å². The van der Waals surface area contributed by atoms with E-state index in [2.05, 4.69) is 0 Å². The maximum absolute atomic E-state index is 12.5. The lowest BCUT2D eigenvalue weighted by atomic mass is 9.95. The number of carbonyl (C=O) groups is 1. The molecule has 2 rings (SSSR count). The number of carbonyl (C=O) groups excluding carboxylic acids is 1. The van der Waals surface area contributed by atoms with Gasteiger partial charge >= 0.3 is 0 Å². The number of amides is 1. The molecule has 1 saturated heterocycles. The van der Waals surface area contributed by atoms with E-state index in [0.717, 1.165) is 25.7 Å². The molecule has 1 atom stereocenters. The van der Waals surface area contributed by atoms with Gasteiger partial charge in [0.2, 0.25) is 5.91 Å². The first-order chi connectivity index (χ1) is 8.36. The minimum Gasteiger partial charge on any atom is -0.394 e. The zero-order chi connectivity index (χ0) is 13.4. The van der Waals surface area contributed by atoms with E-state index in [1.807, 2.05) is 13.8 Å². The summed E-state index contributed by atoms with van der Waals surface area (Å²) in [7, 11) is 0. The predicted molar refractivity (Wildman–Crippen MR) is 68.0 cm³/mol. The summed E-state index contributed by atoms with van der Waals surface area (Å²) < 4.78 is 5.71. The van der Waals surface area contributed by atoms with Gasteiger partial charge in [-0.2, -0.15) is 0 Å². The summed E-state index contributed by atoms with van der Waals surface area (Å²) in [5.74, 6) is 0.0230. The molecule has 2 fully saturated rings. The Bertz CT molecular complexity index is 324. The largest absolute Gasteiger partial charge is 0.394 e. The van der Waals surface area contributed by atoms with Gasteiger partial charge in [0.15, 0.2) is 0 Å². The van der Waals surface area contributed by atoms with E-state index in [1.54, 1.807) is 4.90 Å². The first-order valence-electron chi connectivity index (χ1n) is 6.73. The summed E-state index contributed by atoms with van der Waals surface area (Å²) in [5, 5.41) is 9.26. The molecule has 0 bridgehead atoms. The highest BCUT2D eigenvalue weighted by molar-refractivity contribution is 5.86. The average Bonchev–Trinajstić information content (AvgIpc) is 2.74. The first-order valence-corrected chi connectivity index (χ1v) is 6.73. The van der Waals surface area contributed by atoms with Gasteiger partial charge in [0, 0.05) is 13.1 Å². The number of rotatable bonds is 2. The van der Waals surface area contributed by atoms with Gasteiger partial charge < -0.3 is 20.5 Å². The second-order valence-electron chi connectivity index (χ2n) is 6.23. The smallest absolute Gasteiger partial charge is 0.242 e. The molecule has 1 unspecified atom stereocenters. The van der Waals surface area contributed by atoms with E-state index < -0.39 is 11.1 Å². The van der Waals surface area contributed by atoms with Crippen LogP contribution < -0.4 is 5.73 Å². The molecule has 0 aromatic heterocycles. The summed E-state index contributed by atoms with van der Waals surface area (Å²) >= 11 is 0. The third kappa shape index (κ3) is 2.68. The molecule has 0 spiro atoms. The van der Waals surface area contributed by atoms with Crippen molar-refractivity contribution in [1.29, 1.82) is 0 Å². The first kappa shape index (κ1) is 13.8. The van der Waals surface area contributed by atoms with Crippen LogP contribution in [0.25, 0.3) is 0 Å². The minimum absolute atomic E-state index is 0.0230. The Morgan fingerprint density at radius 2 is 2.06 bits per heavy atom. The Morgan fingerprint density at radius 3 is 2.61 bits per heavy atom. The van der Waals surface area contributed by atoms with Crippen LogP contribution in [0.2, 0.25) is 0 Å². The van der Waals surface area contributed by atoms with E-state index in [1.165, 1.54) is 0 Å². The molecule has 104 valence electrons. The van der Waals surface area contributed by atoms with E-state index in [0.29, 0.717) is 13.1 Å². The summed E-state index contributed by atoms with van der Waals surface area (Å²) in [5.41, 5.74) is 5.11. The number of morpholine rings is 1. The SMILES string of the molecule is CC1(C)CN(C(=O)C2(N)CCCC2)CC(CO)O1. The van der Waals surface area contributed by atoms with Gasteiger partial charge in [0.05, 0.1) is 23.9 Å². The van der Waals surface area contributed by atoms with Gasteiger partial charge in [-0.1, -0.05) is 12.8 Å². The summed E-state index contributed by atoms with van der Waals surface area (Å²) in [6.07, 6.45) is 3.29. The van der Waals surface area contributed by atoms with Gasteiger partial charge in [-0.25, -0.2) is 0 Å². The monoisotopic (exact) mass is 256 g/mol. The molecule has 0 radical (unpaired) electrons. The van der Waals surface area contributed by atoms with Crippen molar-refractivity contribution in [2.45, 2.75) is 56.8 Å². The molecule has 1 aliphatic heterocycles. The Balaban J connectivity index is 2.09. The lowest BCUT2D eigenvalue weighted by molar-refractivity contribution is -0.170. The van der Waals surface area contributed by atoms with Gasteiger partial charge in [0.1, 0.15) is 0 Å². The Morgan fingerprint density at radius 1 is 1.44 bits per heavy atom. The molecule has 18 heavy (non-hydrogen) atoms. The highest BCUT2D eigenvalue weighted by Crippen LogP contribution is 2.31. The van der Waals surface area contributed by atoms with Gasteiger partial charge in [0.25, 0.3) is 0 Å². The van der Waals surface area contributed by atoms with Crippen molar-refractivity contribution in [2.75, 3.05) is 19.7 Å². The fourth-order valence-electron chi connectivity index (χ4n) is 3.08. The summed E-state index contributed by atoms with van der Waals surface area (Å²) in [4.78, 5) is 14.3. The van der Waals surface area contributed by atoms with Gasteiger partial charge in [-0.15, -0.1) is 0 Å². The molecule has 0 aromatic carbocycles. The van der Waals surface area contributed by atoms with E-state index >= 15 is 0 Å². The van der Waals surface area contributed by atoms with Gasteiger partial charge in [-0.3, -0.25) is 4.79 Å². The topological polar surface area (TPSA) is 75.8 Å². The summed E-state index contributed by atoms with van der Waals surface area (Å²) in [6, 6.07) is 0. The molecular formula is C13H24N2O3. The van der Waals surface area contributed by atoms with E-state index in [9.17, 15) is 9.90 Å². The third-order valence-corrected chi connectivity index (χ3v) is 3.89. The van der Waals surface area contributed by atoms with Crippen molar-refractivity contribution in [3.05, 3.63) is 0 Å². The number of aliphatic hydroxyl groups excluding tert-OH is 1. The highest BCUT2D eigenvalue weighted by Gasteiger charge is 2.44. The molecule has 1 amide bonds. The van der Waals surface area contributed by atoms with Crippen LogP contribution in [0.4, 0.5) is 0 Å². The van der Waals surface area contributed by atoms with Crippen molar-refractivity contribution in [1.82, 2.24) is 4.90 Å². The minimum atomic E-state index is -0.687. The standard InChI is InChI=1S/C13H24N2O3/c1-12(2)9-15(7-10(8-16)18-12)11(17)13(14)5-3-4-6-13/h10,16H,3-9,14H2,1-2H3. The lowest BCUT2D eigenvalue weighted by Crippen LogP contribution is -2.62. The van der Waals surface area contributed by atoms with Crippen LogP contribution in [-0.2, 0) is 9.53 Å². The maximum atomic E-state index is 12.5. The normalized spacial score (nSPS) is 30.4. The molecule has 5 nitrogen and oxygen atoms in total. The highest BCUT2D eigenvalue weighted by atomic mass is 16.5. The summed E-state index contributed by atoms with van der Waals surface area (Å²) in [6.45, 7) is 4.80. The van der Waals surface area contributed by atoms with Crippen molar-refractivity contribution >= 4 is 5.91 Å². The average molecular weight is 256 g/mol. The zero-order valence-electron chi connectivity index (χ0n) is 11.3. The predicted octanol–water partition coefficient (Wildman–Crippen LogP) is 0.256. The second-order valence-corrected chi connectivity index (χ2v) is 6.23. The molecule has 1 saturated carbocycles. The fourth-order valence-corrected chi connectivity index (χ4v) is 3.08. The molecule has 1 aliphatic carbocycles. The maximum Gasteiger partial charge on any atom is 0.242 e. The number of hydrogen-bond acceptors (Lipinski definition) is 4. The van der Waals surface area contributed by atoms with Crippen LogP contribution in [-0.4, -0.2) is 52.9 Å². The Hall–Kier alpha value is -0.650. The van der Waals surface area contributed by atoms with Crippen LogP contribution >= 0.6 is 0 Å². The Kier molecular flexibility index (Phi) is 3.67. The van der Waals surface area contributed by atoms with Crippen molar-refractivity contribution < 1.29 is 14.6 Å². The van der Waals surface area contributed by atoms with Crippen molar-refractivity contribution in [3.63, 3.8) is 0 Å². The van der Waals surface area contributed by atoms with E-state index in [4.69, 9.17) is 10.5 Å². The molecule has 5 heteroatoms. The second kappa shape index (κ2) is 4.79. The third-order valence-electron chi connectivity index (χ3n) is 3.89. The van der Waals surface area contributed by atoms with E-state index in [-0.39, 0.29) is 18.6 Å². The van der Waals surface area contributed by atoms with Crippen LogP contribution in [0, 0.1) is 0 Å². The Labute approximate surface area is 108 Å². The molecule has 1 heterocycles. The van der Waals surface area contributed by atoms with Crippen LogP contribution in [0.15, 0.2) is 0 Å². The zero-order valence-corrected chi connectivity index (χ0v) is 11.3. The molecular weight excluding hydrogens is 232 g/mol. The van der Waals surface area contributed by atoms with Crippen molar-refractivity contribution in [3.8, 4) is 0 Å². The van der Waals surface area contributed by atoms with Crippen LogP contribution in [0.5, 0.6) is 0 Å². The molecule has 2 aliphatic rings. The number of nitrogens with two attached hydrogens (primary N) is 1. The quantitative estimate of drug-likeness (QED) is 0.743. The fraction of sp³-hybridized carbons (Fsp3) is 0.923. The molecule has 3 N–H and O–H groups in total. The van der Waals surface area contributed by atoms with Crippen LogP contribution in [0.3, 0.4) is 0 Å². The number of nitrogens with zero attached hydrogens (tertiary/aromatic N) is 1. The number of ether oxygens (including phenoxy) is 1. The lowest BCUT2D eigenvalue weighted by Gasteiger charge is -2.44. The number of aliphatic hydroxyl groups is 1. The molecule has 0 aromatic rings. The number of hydrogen-bond donors (Lipinski definition) is 2. The van der Waals surface area contributed by atoms with Crippen LogP contribution in [0.1, 0.15) is 39.5 Å². The van der Waals surface area contributed by atoms with Crippen molar-refractivity contribution in [2.24, 2.45) is 5.73 Å².